The van der Waals surface area contributed by atoms with Gasteiger partial charge in [-0.15, -0.1) is 0 Å². The van der Waals surface area contributed by atoms with Gasteiger partial charge in [0.05, 0.1) is 6.54 Å². The fourth-order valence-corrected chi connectivity index (χ4v) is 4.09. The molecular formula is C23H26N8. The molecule has 0 amide bonds. The Hall–Kier alpha value is -3.65. The lowest BCUT2D eigenvalue weighted by Crippen LogP contribution is -2.46. The molecule has 2 aromatic heterocycles. The average molecular weight is 415 g/mol. The molecular weight excluding hydrogens is 388 g/mol. The van der Waals surface area contributed by atoms with Gasteiger partial charge in [-0.05, 0) is 36.8 Å². The van der Waals surface area contributed by atoms with Crippen LogP contribution in [0.15, 0.2) is 54.7 Å². The van der Waals surface area contributed by atoms with E-state index < -0.39 is 0 Å². The first kappa shape index (κ1) is 19.3. The molecule has 0 bridgehead atoms. The number of rotatable bonds is 5. The second-order valence-corrected chi connectivity index (χ2v) is 7.85. The van der Waals surface area contributed by atoms with E-state index in [0.29, 0.717) is 18.3 Å². The number of hydrogen-bond acceptors (Lipinski definition) is 7. The molecule has 31 heavy (non-hydrogen) atoms. The largest absolute Gasteiger partial charge is 0.368 e. The number of piperazine rings is 1. The Morgan fingerprint density at radius 3 is 2.65 bits per heavy atom. The molecule has 0 saturated carbocycles. The molecule has 4 aromatic rings. The van der Waals surface area contributed by atoms with Crippen molar-refractivity contribution in [1.29, 1.82) is 0 Å². The van der Waals surface area contributed by atoms with Crippen molar-refractivity contribution in [2.75, 3.05) is 42.1 Å². The smallest absolute Gasteiger partial charge is 0.232 e. The molecule has 3 heterocycles. The van der Waals surface area contributed by atoms with Crippen LogP contribution in [0.4, 0.5) is 23.3 Å². The SMILES string of the molecule is Cc1ccccc1Nc1nc(N)nc(CN2CCN(c3cccc4[nH]ccc34)CC2)n1. The maximum atomic E-state index is 5.96. The third kappa shape index (κ3) is 4.15. The van der Waals surface area contributed by atoms with Crippen molar-refractivity contribution in [3.63, 3.8) is 0 Å². The van der Waals surface area contributed by atoms with Crippen LogP contribution in [0.5, 0.6) is 0 Å². The molecule has 1 saturated heterocycles. The number of aromatic amines is 1. The summed E-state index contributed by atoms with van der Waals surface area (Å²) in [5.41, 5.74) is 10.5. The fourth-order valence-electron chi connectivity index (χ4n) is 4.09. The highest BCUT2D eigenvalue weighted by atomic mass is 15.3. The zero-order valence-corrected chi connectivity index (χ0v) is 17.5. The molecule has 0 atom stereocenters. The Labute approximate surface area is 181 Å². The van der Waals surface area contributed by atoms with Crippen LogP contribution in [0, 0.1) is 6.92 Å². The van der Waals surface area contributed by atoms with E-state index >= 15 is 0 Å². The summed E-state index contributed by atoms with van der Waals surface area (Å²) in [7, 11) is 0. The van der Waals surface area contributed by atoms with Gasteiger partial charge < -0.3 is 20.9 Å². The highest BCUT2D eigenvalue weighted by Gasteiger charge is 2.20. The first-order valence-corrected chi connectivity index (χ1v) is 10.5. The number of nitrogens with one attached hydrogen (secondary N) is 2. The minimum Gasteiger partial charge on any atom is -0.368 e. The van der Waals surface area contributed by atoms with Crippen LogP contribution in [-0.4, -0.2) is 51.0 Å². The molecule has 1 aliphatic heterocycles. The predicted molar refractivity (Wildman–Crippen MR) is 124 cm³/mol. The number of para-hydroxylation sites is 1. The number of aryl methyl sites for hydroxylation is 1. The van der Waals surface area contributed by atoms with E-state index in [4.69, 9.17) is 5.73 Å². The summed E-state index contributed by atoms with van der Waals surface area (Å²) in [5, 5.41) is 4.53. The zero-order valence-electron chi connectivity index (χ0n) is 17.5. The number of benzene rings is 2. The Bertz CT molecular complexity index is 1190. The quantitative estimate of drug-likeness (QED) is 0.461. The van der Waals surface area contributed by atoms with E-state index in [2.05, 4.69) is 59.3 Å². The molecule has 0 aliphatic carbocycles. The Balaban J connectivity index is 1.25. The molecule has 1 aliphatic rings. The Morgan fingerprint density at radius 2 is 1.81 bits per heavy atom. The summed E-state index contributed by atoms with van der Waals surface area (Å²) in [4.78, 5) is 21.3. The van der Waals surface area contributed by atoms with Crippen molar-refractivity contribution < 1.29 is 0 Å². The van der Waals surface area contributed by atoms with Gasteiger partial charge in [0, 0.05) is 54.7 Å². The van der Waals surface area contributed by atoms with Crippen molar-refractivity contribution in [1.82, 2.24) is 24.8 Å². The summed E-state index contributed by atoms with van der Waals surface area (Å²) in [5.74, 6) is 1.40. The van der Waals surface area contributed by atoms with E-state index in [-0.39, 0.29) is 5.95 Å². The summed E-state index contributed by atoms with van der Waals surface area (Å²) in [6.45, 7) is 6.48. The van der Waals surface area contributed by atoms with E-state index in [1.54, 1.807) is 0 Å². The molecule has 5 rings (SSSR count). The predicted octanol–water partition coefficient (Wildman–Crippen LogP) is 3.31. The number of aromatic nitrogens is 4. The lowest BCUT2D eigenvalue weighted by molar-refractivity contribution is 0.244. The number of anilines is 4. The van der Waals surface area contributed by atoms with Gasteiger partial charge in [0.2, 0.25) is 11.9 Å². The van der Waals surface area contributed by atoms with Crippen molar-refractivity contribution in [3.05, 3.63) is 66.1 Å². The molecule has 0 unspecified atom stereocenters. The van der Waals surface area contributed by atoms with Crippen LogP contribution < -0.4 is 16.0 Å². The van der Waals surface area contributed by atoms with Crippen LogP contribution in [-0.2, 0) is 6.54 Å². The molecule has 0 spiro atoms. The number of nitrogens with two attached hydrogens (primary N) is 1. The van der Waals surface area contributed by atoms with Gasteiger partial charge in [0.15, 0.2) is 0 Å². The third-order valence-electron chi connectivity index (χ3n) is 5.74. The fraction of sp³-hybridized carbons (Fsp3) is 0.261. The molecule has 0 radical (unpaired) electrons. The van der Waals surface area contributed by atoms with Crippen LogP contribution in [0.1, 0.15) is 11.4 Å². The maximum Gasteiger partial charge on any atom is 0.232 e. The van der Waals surface area contributed by atoms with Gasteiger partial charge in [-0.25, -0.2) is 0 Å². The summed E-state index contributed by atoms with van der Waals surface area (Å²) in [6, 6.07) is 16.6. The van der Waals surface area contributed by atoms with Gasteiger partial charge in [0.1, 0.15) is 5.82 Å². The molecule has 4 N–H and O–H groups in total. The van der Waals surface area contributed by atoms with Gasteiger partial charge in [0.25, 0.3) is 0 Å². The molecule has 8 nitrogen and oxygen atoms in total. The van der Waals surface area contributed by atoms with Crippen molar-refractivity contribution >= 4 is 34.2 Å². The van der Waals surface area contributed by atoms with Crippen LogP contribution in [0.25, 0.3) is 10.9 Å². The van der Waals surface area contributed by atoms with Crippen LogP contribution in [0.3, 0.4) is 0 Å². The van der Waals surface area contributed by atoms with E-state index in [1.165, 1.54) is 16.6 Å². The molecule has 2 aromatic carbocycles. The van der Waals surface area contributed by atoms with Gasteiger partial charge in [-0.2, -0.15) is 15.0 Å². The monoisotopic (exact) mass is 414 g/mol. The van der Waals surface area contributed by atoms with Gasteiger partial charge in [-0.3, -0.25) is 4.90 Å². The second kappa shape index (κ2) is 8.23. The lowest BCUT2D eigenvalue weighted by atomic mass is 10.1. The normalized spacial score (nSPS) is 14.8. The van der Waals surface area contributed by atoms with Crippen molar-refractivity contribution in [3.8, 4) is 0 Å². The van der Waals surface area contributed by atoms with Crippen molar-refractivity contribution in [2.24, 2.45) is 0 Å². The Morgan fingerprint density at radius 1 is 0.968 bits per heavy atom. The van der Waals surface area contributed by atoms with Gasteiger partial charge in [-0.1, -0.05) is 24.3 Å². The second-order valence-electron chi connectivity index (χ2n) is 7.85. The maximum absolute atomic E-state index is 5.96. The highest BCUT2D eigenvalue weighted by Crippen LogP contribution is 2.27. The van der Waals surface area contributed by atoms with Gasteiger partial charge >= 0.3 is 0 Å². The average Bonchev–Trinajstić information content (AvgIpc) is 3.25. The standard InChI is InChI=1S/C23H26N8/c1-16-5-2-3-6-18(16)26-23-28-21(27-22(24)29-23)15-30-11-13-31(14-12-30)20-8-4-7-19-17(20)9-10-25-19/h2-10,25H,11-15H2,1H3,(H3,24,26,27,28,29). The molecule has 1 fully saturated rings. The minimum absolute atomic E-state index is 0.235. The first-order chi connectivity index (χ1) is 15.2. The summed E-state index contributed by atoms with van der Waals surface area (Å²) >= 11 is 0. The first-order valence-electron chi connectivity index (χ1n) is 10.5. The number of hydrogen-bond donors (Lipinski definition) is 3. The zero-order chi connectivity index (χ0) is 21.2. The number of H-pyrrole nitrogens is 1. The van der Waals surface area contributed by atoms with Crippen molar-refractivity contribution in [2.45, 2.75) is 13.5 Å². The summed E-state index contributed by atoms with van der Waals surface area (Å²) < 4.78 is 0. The lowest BCUT2D eigenvalue weighted by Gasteiger charge is -2.36. The highest BCUT2D eigenvalue weighted by molar-refractivity contribution is 5.92. The third-order valence-corrected chi connectivity index (χ3v) is 5.74. The van der Waals surface area contributed by atoms with Crippen LogP contribution >= 0.6 is 0 Å². The minimum atomic E-state index is 0.235. The molecule has 8 heteroatoms. The van der Waals surface area contributed by atoms with E-state index in [1.807, 2.05) is 37.4 Å². The number of nitrogen functional groups attached to an aromatic ring is 1. The number of nitrogens with zero attached hydrogens (tertiary/aromatic N) is 5. The summed E-state index contributed by atoms with van der Waals surface area (Å²) in [6.07, 6.45) is 2.00. The van der Waals surface area contributed by atoms with Crippen LogP contribution in [0.2, 0.25) is 0 Å². The molecule has 158 valence electrons. The Kier molecular flexibility index (Phi) is 5.13. The topological polar surface area (TPSA) is 99.0 Å². The van der Waals surface area contributed by atoms with E-state index in [9.17, 15) is 0 Å². The van der Waals surface area contributed by atoms with E-state index in [0.717, 1.165) is 37.4 Å². The number of fused-ring (bicyclic) bond motifs is 1.